The molecule has 0 bridgehead atoms. The average molecular weight is 241 g/mol. The van der Waals surface area contributed by atoms with E-state index in [2.05, 4.69) is 4.74 Å². The Morgan fingerprint density at radius 2 is 2.12 bits per heavy atom. The Hall–Kier alpha value is -1.78. The second-order valence-corrected chi connectivity index (χ2v) is 3.50. The lowest BCUT2D eigenvalue weighted by Crippen LogP contribution is -2.13. The number of carbonyl (C=O) groups is 1. The maximum absolute atomic E-state index is 13.2. The van der Waals surface area contributed by atoms with E-state index in [9.17, 15) is 13.6 Å². The van der Waals surface area contributed by atoms with E-state index in [-0.39, 0.29) is 30.7 Å². The summed E-state index contributed by atoms with van der Waals surface area (Å²) in [4.78, 5) is 11.1. The van der Waals surface area contributed by atoms with E-state index in [1.54, 1.807) is 6.92 Å². The Bertz CT molecular complexity index is 433. The van der Waals surface area contributed by atoms with Gasteiger partial charge in [0.2, 0.25) is 0 Å². The van der Waals surface area contributed by atoms with Crippen molar-refractivity contribution in [3.05, 3.63) is 35.4 Å². The van der Waals surface area contributed by atoms with Crippen molar-refractivity contribution in [1.82, 2.24) is 0 Å². The van der Waals surface area contributed by atoms with Gasteiger partial charge in [-0.25, -0.2) is 8.78 Å². The zero-order valence-electron chi connectivity index (χ0n) is 9.43. The quantitative estimate of drug-likeness (QED) is 0.636. The van der Waals surface area contributed by atoms with Crippen molar-refractivity contribution in [2.75, 3.05) is 6.61 Å². The van der Waals surface area contributed by atoms with Gasteiger partial charge < -0.3 is 10.1 Å². The normalized spacial score (nSPS) is 10.1. The Labute approximate surface area is 97.9 Å². The third-order valence-electron chi connectivity index (χ3n) is 2.08. The summed E-state index contributed by atoms with van der Waals surface area (Å²) in [6.07, 6.45) is -0.199. The van der Waals surface area contributed by atoms with Crippen LogP contribution in [0.1, 0.15) is 18.9 Å². The summed E-state index contributed by atoms with van der Waals surface area (Å²) in [5, 5.41) is 7.52. The Balaban J connectivity index is 2.59. The molecule has 0 aliphatic heterocycles. The summed E-state index contributed by atoms with van der Waals surface area (Å²) in [6.45, 7) is 1.91. The number of hydrogen-bond donors (Lipinski definition) is 1. The van der Waals surface area contributed by atoms with Crippen molar-refractivity contribution >= 4 is 11.7 Å². The van der Waals surface area contributed by atoms with Crippen molar-refractivity contribution in [3.63, 3.8) is 0 Å². The molecule has 92 valence electrons. The van der Waals surface area contributed by atoms with Crippen LogP contribution in [-0.2, 0) is 16.0 Å². The predicted octanol–water partition coefficient (Wildman–Crippen LogP) is 2.48. The molecule has 0 aromatic heterocycles. The molecule has 0 aliphatic rings. The van der Waals surface area contributed by atoms with Crippen LogP contribution in [0, 0.1) is 17.0 Å². The fourth-order valence-electron chi connectivity index (χ4n) is 1.34. The van der Waals surface area contributed by atoms with Gasteiger partial charge in [-0.2, -0.15) is 0 Å². The average Bonchev–Trinajstić information content (AvgIpc) is 2.22. The molecule has 0 spiro atoms. The standard InChI is InChI=1S/C12H13F2NO2/c1-2-17-12(16)7-10(15)5-8-3-4-9(13)6-11(8)14/h3-4,6,15H,2,5,7H2,1H3. The Kier molecular flexibility index (Phi) is 4.75. The second kappa shape index (κ2) is 6.08. The lowest BCUT2D eigenvalue weighted by molar-refractivity contribution is -0.141. The van der Waals surface area contributed by atoms with Gasteiger partial charge >= 0.3 is 5.97 Å². The lowest BCUT2D eigenvalue weighted by atomic mass is 10.1. The van der Waals surface area contributed by atoms with Crippen LogP contribution in [0.25, 0.3) is 0 Å². The zero-order valence-corrected chi connectivity index (χ0v) is 9.43. The van der Waals surface area contributed by atoms with Crippen molar-refractivity contribution in [2.24, 2.45) is 0 Å². The van der Waals surface area contributed by atoms with Gasteiger partial charge in [0, 0.05) is 18.2 Å². The Morgan fingerprint density at radius 1 is 1.41 bits per heavy atom. The highest BCUT2D eigenvalue weighted by molar-refractivity contribution is 5.98. The van der Waals surface area contributed by atoms with Gasteiger partial charge in [0.1, 0.15) is 11.6 Å². The van der Waals surface area contributed by atoms with Crippen molar-refractivity contribution in [3.8, 4) is 0 Å². The summed E-state index contributed by atoms with van der Waals surface area (Å²) in [5.41, 5.74) is 0.231. The van der Waals surface area contributed by atoms with E-state index in [1.807, 2.05) is 0 Å². The SMILES string of the molecule is CCOC(=O)CC(=N)Cc1ccc(F)cc1F. The number of benzene rings is 1. The fraction of sp³-hybridized carbons (Fsp3) is 0.333. The molecule has 0 radical (unpaired) electrons. The Morgan fingerprint density at radius 3 is 2.71 bits per heavy atom. The molecule has 1 N–H and O–H groups in total. The van der Waals surface area contributed by atoms with Crippen LogP contribution in [0.15, 0.2) is 18.2 Å². The largest absolute Gasteiger partial charge is 0.466 e. The van der Waals surface area contributed by atoms with Gasteiger partial charge in [-0.05, 0) is 18.6 Å². The minimum absolute atomic E-state index is 0.0229. The number of carbonyl (C=O) groups excluding carboxylic acids is 1. The van der Waals surface area contributed by atoms with E-state index in [0.717, 1.165) is 12.1 Å². The molecule has 0 atom stereocenters. The first-order valence-corrected chi connectivity index (χ1v) is 5.18. The highest BCUT2D eigenvalue weighted by Gasteiger charge is 2.10. The topological polar surface area (TPSA) is 50.2 Å². The first-order valence-electron chi connectivity index (χ1n) is 5.18. The van der Waals surface area contributed by atoms with Gasteiger partial charge in [-0.15, -0.1) is 0 Å². The van der Waals surface area contributed by atoms with Crippen LogP contribution in [0.3, 0.4) is 0 Å². The molecule has 5 heteroatoms. The van der Waals surface area contributed by atoms with Crippen LogP contribution < -0.4 is 0 Å². The molecular weight excluding hydrogens is 228 g/mol. The third kappa shape index (κ3) is 4.30. The first-order chi connectivity index (χ1) is 8.02. The molecule has 0 fully saturated rings. The van der Waals surface area contributed by atoms with Crippen LogP contribution in [0.5, 0.6) is 0 Å². The zero-order chi connectivity index (χ0) is 12.8. The minimum Gasteiger partial charge on any atom is -0.466 e. The summed E-state index contributed by atoms with van der Waals surface area (Å²) in [6, 6.07) is 3.15. The van der Waals surface area contributed by atoms with Crippen LogP contribution >= 0.6 is 0 Å². The highest BCUT2D eigenvalue weighted by Crippen LogP contribution is 2.11. The van der Waals surface area contributed by atoms with Crippen LogP contribution in [0.2, 0.25) is 0 Å². The molecule has 3 nitrogen and oxygen atoms in total. The second-order valence-electron chi connectivity index (χ2n) is 3.50. The van der Waals surface area contributed by atoms with Gasteiger partial charge in [0.05, 0.1) is 13.0 Å². The molecule has 1 aromatic carbocycles. The maximum Gasteiger partial charge on any atom is 0.311 e. The van der Waals surface area contributed by atoms with E-state index < -0.39 is 17.6 Å². The molecule has 0 aliphatic carbocycles. The van der Waals surface area contributed by atoms with E-state index in [4.69, 9.17) is 5.41 Å². The maximum atomic E-state index is 13.2. The molecular formula is C12H13F2NO2. The number of nitrogens with one attached hydrogen (secondary N) is 1. The molecule has 17 heavy (non-hydrogen) atoms. The predicted molar refractivity (Wildman–Crippen MR) is 59.0 cm³/mol. The summed E-state index contributed by atoms with van der Waals surface area (Å²) < 4.78 is 30.5. The smallest absolute Gasteiger partial charge is 0.311 e. The summed E-state index contributed by atoms with van der Waals surface area (Å²) in [7, 11) is 0. The molecule has 1 rings (SSSR count). The van der Waals surface area contributed by atoms with Crippen LogP contribution in [0.4, 0.5) is 8.78 Å². The highest BCUT2D eigenvalue weighted by atomic mass is 19.1. The molecule has 0 heterocycles. The van der Waals surface area contributed by atoms with Crippen molar-refractivity contribution in [2.45, 2.75) is 19.8 Å². The van der Waals surface area contributed by atoms with Gasteiger partial charge in [-0.1, -0.05) is 6.07 Å². The summed E-state index contributed by atoms with van der Waals surface area (Å²) in [5.74, 6) is -1.89. The number of rotatable bonds is 5. The third-order valence-corrected chi connectivity index (χ3v) is 2.08. The number of ether oxygens (including phenoxy) is 1. The van der Waals surface area contributed by atoms with Crippen molar-refractivity contribution in [1.29, 1.82) is 5.41 Å². The van der Waals surface area contributed by atoms with Gasteiger partial charge in [-0.3, -0.25) is 4.79 Å². The molecule has 0 unspecified atom stereocenters. The molecule has 0 saturated carbocycles. The van der Waals surface area contributed by atoms with Gasteiger partial charge in [0.25, 0.3) is 0 Å². The van der Waals surface area contributed by atoms with E-state index in [0.29, 0.717) is 0 Å². The molecule has 0 saturated heterocycles. The van der Waals surface area contributed by atoms with Gasteiger partial charge in [0.15, 0.2) is 0 Å². The first kappa shape index (κ1) is 13.3. The number of hydrogen-bond acceptors (Lipinski definition) is 3. The van der Waals surface area contributed by atoms with Crippen molar-refractivity contribution < 1.29 is 18.3 Å². The van der Waals surface area contributed by atoms with Crippen LogP contribution in [-0.4, -0.2) is 18.3 Å². The summed E-state index contributed by atoms with van der Waals surface area (Å²) >= 11 is 0. The molecule has 0 amide bonds. The lowest BCUT2D eigenvalue weighted by Gasteiger charge is -2.05. The number of esters is 1. The van der Waals surface area contributed by atoms with E-state index in [1.165, 1.54) is 6.07 Å². The number of halogens is 2. The minimum atomic E-state index is -0.710. The van der Waals surface area contributed by atoms with E-state index >= 15 is 0 Å². The monoisotopic (exact) mass is 241 g/mol. The fourth-order valence-corrected chi connectivity index (χ4v) is 1.34. The molecule has 1 aromatic rings.